The highest BCUT2D eigenvalue weighted by Gasteiger charge is 2.25. The van der Waals surface area contributed by atoms with Crippen LogP contribution in [0.3, 0.4) is 0 Å². The first-order valence-corrected chi connectivity index (χ1v) is 24.6. The summed E-state index contributed by atoms with van der Waals surface area (Å²) < 4.78 is 34.8. The van der Waals surface area contributed by atoms with Crippen LogP contribution in [-0.2, 0) is 27.9 Å². The van der Waals surface area contributed by atoms with Gasteiger partial charge in [0.15, 0.2) is 6.10 Å². The van der Waals surface area contributed by atoms with Gasteiger partial charge in [0.05, 0.1) is 34.0 Å². The summed E-state index contributed by atoms with van der Waals surface area (Å²) in [7, 11) is 1.68. The molecule has 0 rings (SSSR count). The lowest BCUT2D eigenvalue weighted by atomic mass is 10.0. The number of hydrogen-bond donors (Lipinski definition) is 1. The largest absolute Gasteiger partial charge is 0.492 e. The number of likely N-dealkylation sites (N-methyl/N-ethyl adjacent to an activating group) is 1. The molecule has 0 aromatic carbocycles. The van der Waals surface area contributed by atoms with Gasteiger partial charge in [0.2, 0.25) is 0 Å². The Kier molecular flexibility index (Phi) is 38.8. The quantitative estimate of drug-likeness (QED) is 0.0164. The second-order valence-electron chi connectivity index (χ2n) is 16.9. The van der Waals surface area contributed by atoms with Crippen LogP contribution in [0.15, 0.2) is 24.5 Å². The van der Waals surface area contributed by atoms with Gasteiger partial charge in [-0.1, -0.05) is 174 Å². The summed E-state index contributed by atoms with van der Waals surface area (Å²) in [6.45, 7) is 4.92. The molecule has 0 amide bonds. The molecule has 0 saturated carbocycles. The molecular formula is C46H91NO7P+. The Morgan fingerprint density at radius 2 is 0.964 bits per heavy atom. The van der Waals surface area contributed by atoms with Gasteiger partial charge in [-0.2, -0.15) is 0 Å². The number of phosphoric acid groups is 1. The number of ether oxygens (including phenoxy) is 2. The summed E-state index contributed by atoms with van der Waals surface area (Å²) in [4.78, 5) is 22.7. The average molecular weight is 801 g/mol. The minimum atomic E-state index is -4.26. The number of hydrogen-bond acceptors (Lipinski definition) is 6. The van der Waals surface area contributed by atoms with E-state index in [9.17, 15) is 14.3 Å². The van der Waals surface area contributed by atoms with Crippen molar-refractivity contribution in [2.75, 3.05) is 47.5 Å². The van der Waals surface area contributed by atoms with E-state index in [-0.39, 0.29) is 25.8 Å². The third-order valence-electron chi connectivity index (χ3n) is 10.1. The Morgan fingerprint density at radius 3 is 1.40 bits per heavy atom. The molecule has 55 heavy (non-hydrogen) atoms. The van der Waals surface area contributed by atoms with Crippen molar-refractivity contribution in [2.45, 2.75) is 219 Å². The van der Waals surface area contributed by atoms with Crippen LogP contribution in [0.2, 0.25) is 0 Å². The van der Waals surface area contributed by atoms with E-state index in [0.29, 0.717) is 17.4 Å². The number of carbonyl (C=O) groups excluding carboxylic acids is 1. The predicted octanol–water partition coefficient (Wildman–Crippen LogP) is 14.0. The van der Waals surface area contributed by atoms with E-state index in [2.05, 4.69) is 26.0 Å². The number of allylic oxidation sites excluding steroid dienone is 3. The molecule has 9 heteroatoms. The Morgan fingerprint density at radius 1 is 0.564 bits per heavy atom. The van der Waals surface area contributed by atoms with Crippen LogP contribution in [0.5, 0.6) is 0 Å². The third-order valence-corrected chi connectivity index (χ3v) is 11.1. The molecule has 1 N–H and O–H groups in total. The number of quaternary nitrogens is 1. The molecule has 326 valence electrons. The molecule has 0 saturated heterocycles. The van der Waals surface area contributed by atoms with Crippen LogP contribution in [0.4, 0.5) is 0 Å². The molecule has 0 heterocycles. The molecule has 0 aromatic heterocycles. The van der Waals surface area contributed by atoms with Crippen molar-refractivity contribution in [3.05, 3.63) is 24.5 Å². The highest BCUT2D eigenvalue weighted by atomic mass is 31.2. The smallest absolute Gasteiger partial charge is 0.472 e. The van der Waals surface area contributed by atoms with Crippen LogP contribution in [0.25, 0.3) is 0 Å². The Balaban J connectivity index is 4.24. The normalized spacial score (nSPS) is 13.9. The minimum absolute atomic E-state index is 0.0473. The zero-order valence-corrected chi connectivity index (χ0v) is 37.8. The molecule has 0 aliphatic heterocycles. The van der Waals surface area contributed by atoms with Gasteiger partial charge in [-0.25, -0.2) is 4.57 Å². The van der Waals surface area contributed by atoms with E-state index in [1.165, 1.54) is 161 Å². The highest BCUT2D eigenvalue weighted by molar-refractivity contribution is 7.47. The molecule has 0 fully saturated rings. The average Bonchev–Trinajstić information content (AvgIpc) is 3.14. The van der Waals surface area contributed by atoms with Gasteiger partial charge >= 0.3 is 13.8 Å². The molecule has 0 spiro atoms. The fraction of sp³-hybridized carbons (Fsp3) is 0.891. The molecule has 0 aliphatic rings. The van der Waals surface area contributed by atoms with Gasteiger partial charge in [-0.3, -0.25) is 13.8 Å². The Bertz CT molecular complexity index is 936. The zero-order chi connectivity index (χ0) is 40.6. The first-order chi connectivity index (χ1) is 26.6. The van der Waals surface area contributed by atoms with Crippen molar-refractivity contribution in [1.82, 2.24) is 0 Å². The molecular weight excluding hydrogens is 709 g/mol. The second kappa shape index (κ2) is 39.6. The number of carbonyl (C=O) groups is 1. The summed E-state index contributed by atoms with van der Waals surface area (Å²) in [5.74, 6) is -0.279. The van der Waals surface area contributed by atoms with Crippen LogP contribution in [0, 0.1) is 0 Å². The molecule has 0 radical (unpaired) electrons. The SMILES string of the molecule is CCCCCCCC/C=C\CCCCCCCCCC(=O)OCC(COP(=O)(O)OCC[N+](C)(C)C)O/C=C\CCCCCCCCCCCCCCCC. The Hall–Kier alpha value is -1.18. The minimum Gasteiger partial charge on any atom is -0.492 e. The predicted molar refractivity (Wildman–Crippen MR) is 233 cm³/mol. The maximum absolute atomic E-state index is 12.5. The molecule has 0 aromatic rings. The van der Waals surface area contributed by atoms with Crippen molar-refractivity contribution in [1.29, 1.82) is 0 Å². The lowest BCUT2D eigenvalue weighted by Crippen LogP contribution is -2.37. The van der Waals surface area contributed by atoms with Crippen molar-refractivity contribution in [3.63, 3.8) is 0 Å². The zero-order valence-electron chi connectivity index (χ0n) is 36.9. The van der Waals surface area contributed by atoms with Crippen molar-refractivity contribution >= 4 is 13.8 Å². The van der Waals surface area contributed by atoms with Gasteiger partial charge in [0.25, 0.3) is 0 Å². The van der Waals surface area contributed by atoms with E-state index < -0.39 is 13.9 Å². The number of nitrogens with zero attached hydrogens (tertiary/aromatic N) is 1. The van der Waals surface area contributed by atoms with Crippen molar-refractivity contribution in [2.24, 2.45) is 0 Å². The summed E-state index contributed by atoms with van der Waals surface area (Å²) in [6, 6.07) is 0. The molecule has 0 aliphatic carbocycles. The molecule has 0 bridgehead atoms. The van der Waals surface area contributed by atoms with Gasteiger partial charge in [0.1, 0.15) is 19.8 Å². The lowest BCUT2D eigenvalue weighted by molar-refractivity contribution is -0.870. The fourth-order valence-electron chi connectivity index (χ4n) is 6.41. The number of unbranched alkanes of at least 4 members (excludes halogenated alkanes) is 27. The molecule has 8 nitrogen and oxygen atoms in total. The third kappa shape index (κ3) is 43.8. The van der Waals surface area contributed by atoms with Gasteiger partial charge < -0.3 is 18.9 Å². The van der Waals surface area contributed by atoms with Crippen LogP contribution in [0.1, 0.15) is 213 Å². The fourth-order valence-corrected chi connectivity index (χ4v) is 7.16. The van der Waals surface area contributed by atoms with Crippen molar-refractivity contribution in [3.8, 4) is 0 Å². The maximum Gasteiger partial charge on any atom is 0.472 e. The second-order valence-corrected chi connectivity index (χ2v) is 18.3. The maximum atomic E-state index is 12.5. The summed E-state index contributed by atoms with van der Waals surface area (Å²) in [5, 5.41) is 0. The first-order valence-electron chi connectivity index (χ1n) is 23.1. The summed E-state index contributed by atoms with van der Waals surface area (Å²) >= 11 is 0. The molecule has 2 atom stereocenters. The van der Waals surface area contributed by atoms with E-state index in [4.69, 9.17) is 18.5 Å². The van der Waals surface area contributed by atoms with Crippen LogP contribution >= 0.6 is 7.82 Å². The van der Waals surface area contributed by atoms with Crippen LogP contribution in [-0.4, -0.2) is 69.0 Å². The van der Waals surface area contributed by atoms with Gasteiger partial charge in [-0.15, -0.1) is 0 Å². The highest BCUT2D eigenvalue weighted by Crippen LogP contribution is 2.43. The summed E-state index contributed by atoms with van der Waals surface area (Å²) in [6.07, 6.45) is 46.0. The standard InChI is InChI=1S/C46H90NO7P/c1-6-8-10-12-14-16-18-20-22-24-25-27-29-31-33-35-37-39-46(48)52-43-45(44-54-55(49,50)53-42-40-47(3,4)5)51-41-38-36-34-32-30-28-26-23-21-19-17-15-13-11-9-7-2/h20,22,38,41,45H,6-19,21,23-37,39-40,42-44H2,1-5H3/p+1/b22-20-,41-38-. The van der Waals surface area contributed by atoms with Gasteiger partial charge in [0, 0.05) is 6.42 Å². The Labute approximate surface area is 341 Å². The van der Waals surface area contributed by atoms with E-state index >= 15 is 0 Å². The van der Waals surface area contributed by atoms with E-state index in [1.54, 1.807) is 6.26 Å². The topological polar surface area (TPSA) is 91.3 Å². The number of rotatable bonds is 43. The number of esters is 1. The first kappa shape index (κ1) is 53.8. The van der Waals surface area contributed by atoms with E-state index in [0.717, 1.165) is 32.1 Å². The van der Waals surface area contributed by atoms with E-state index in [1.807, 2.05) is 27.2 Å². The lowest BCUT2D eigenvalue weighted by Gasteiger charge is -2.24. The summed E-state index contributed by atoms with van der Waals surface area (Å²) in [5.41, 5.74) is 0. The van der Waals surface area contributed by atoms with Crippen LogP contribution < -0.4 is 0 Å². The number of phosphoric ester groups is 1. The van der Waals surface area contributed by atoms with Crippen molar-refractivity contribution < 1.29 is 37.3 Å². The monoisotopic (exact) mass is 801 g/mol. The van der Waals surface area contributed by atoms with Gasteiger partial charge in [-0.05, 0) is 51.0 Å². The molecule has 2 unspecified atom stereocenters.